The zero-order valence-corrected chi connectivity index (χ0v) is 13.9. The summed E-state index contributed by atoms with van der Waals surface area (Å²) in [5, 5.41) is 13.9. The summed E-state index contributed by atoms with van der Waals surface area (Å²) < 4.78 is 0. The molecule has 1 aromatic carbocycles. The molecule has 0 aliphatic heterocycles. The van der Waals surface area contributed by atoms with Gasteiger partial charge in [0.25, 0.3) is 5.69 Å². The lowest BCUT2D eigenvalue weighted by molar-refractivity contribution is -0.384. The summed E-state index contributed by atoms with van der Waals surface area (Å²) in [6, 6.07) is 5.94. The number of thioether (sulfide) groups is 1. The van der Waals surface area contributed by atoms with Gasteiger partial charge in [-0.05, 0) is 32.0 Å². The Hall–Kier alpha value is -2.19. The Morgan fingerprint density at radius 1 is 1.30 bits per heavy atom. The normalized spacial score (nSPS) is 10.4. The quantitative estimate of drug-likeness (QED) is 0.383. The molecule has 120 valence electrons. The molecule has 0 saturated carbocycles. The highest BCUT2D eigenvalue weighted by atomic mass is 35.5. The summed E-state index contributed by atoms with van der Waals surface area (Å²) in [5.74, 6) is -0.214. The number of nitro groups is 1. The first kappa shape index (κ1) is 17.2. The van der Waals surface area contributed by atoms with Gasteiger partial charge in [-0.3, -0.25) is 14.9 Å². The van der Waals surface area contributed by atoms with Crippen LogP contribution >= 0.6 is 23.4 Å². The molecule has 2 aromatic rings. The number of carbonyl (C=O) groups is 1. The molecule has 0 radical (unpaired) electrons. The average molecular weight is 353 g/mol. The average Bonchev–Trinajstić information content (AvgIpc) is 2.46. The summed E-state index contributed by atoms with van der Waals surface area (Å²) >= 11 is 6.92. The van der Waals surface area contributed by atoms with Crippen LogP contribution in [0.5, 0.6) is 0 Å². The zero-order chi connectivity index (χ0) is 17.0. The molecule has 0 bridgehead atoms. The van der Waals surface area contributed by atoms with Crippen LogP contribution in [0, 0.1) is 24.0 Å². The third-order valence-electron chi connectivity index (χ3n) is 2.72. The van der Waals surface area contributed by atoms with Crippen LogP contribution in [0.4, 0.5) is 11.4 Å². The summed E-state index contributed by atoms with van der Waals surface area (Å²) in [4.78, 5) is 30.6. The fourth-order valence-corrected chi connectivity index (χ4v) is 2.75. The molecule has 2 rings (SSSR count). The Kier molecular flexibility index (Phi) is 5.51. The fourth-order valence-electron chi connectivity index (χ4n) is 1.82. The second kappa shape index (κ2) is 7.38. The molecule has 1 aromatic heterocycles. The van der Waals surface area contributed by atoms with Crippen molar-refractivity contribution >= 4 is 40.6 Å². The first-order chi connectivity index (χ1) is 10.8. The van der Waals surface area contributed by atoms with Crippen LogP contribution in [0.3, 0.4) is 0 Å². The maximum Gasteiger partial charge on any atom is 0.289 e. The molecular weight excluding hydrogens is 340 g/mol. The van der Waals surface area contributed by atoms with Crippen LogP contribution in [-0.2, 0) is 4.79 Å². The highest BCUT2D eigenvalue weighted by molar-refractivity contribution is 7.99. The second-order valence-electron chi connectivity index (χ2n) is 4.69. The Labute approximate surface area is 141 Å². The van der Waals surface area contributed by atoms with Gasteiger partial charge in [-0.25, -0.2) is 9.97 Å². The van der Waals surface area contributed by atoms with Crippen molar-refractivity contribution < 1.29 is 9.72 Å². The lowest BCUT2D eigenvalue weighted by atomic mass is 10.3. The molecule has 1 amide bonds. The number of aryl methyl sites for hydroxylation is 2. The molecule has 0 unspecified atom stereocenters. The summed E-state index contributed by atoms with van der Waals surface area (Å²) in [7, 11) is 0. The largest absolute Gasteiger partial charge is 0.325 e. The third kappa shape index (κ3) is 4.90. The van der Waals surface area contributed by atoms with Crippen LogP contribution in [0.15, 0.2) is 29.4 Å². The first-order valence-electron chi connectivity index (χ1n) is 6.54. The van der Waals surface area contributed by atoms with Gasteiger partial charge in [0.15, 0.2) is 5.16 Å². The molecule has 0 saturated heterocycles. The molecule has 1 heterocycles. The van der Waals surface area contributed by atoms with E-state index in [4.69, 9.17) is 11.6 Å². The predicted molar refractivity (Wildman–Crippen MR) is 89.0 cm³/mol. The van der Waals surface area contributed by atoms with Crippen molar-refractivity contribution in [2.45, 2.75) is 19.0 Å². The van der Waals surface area contributed by atoms with E-state index in [0.29, 0.717) is 10.8 Å². The van der Waals surface area contributed by atoms with Gasteiger partial charge in [0.2, 0.25) is 5.91 Å². The monoisotopic (exact) mass is 352 g/mol. The minimum absolute atomic E-state index is 0.0195. The number of nitro benzene ring substituents is 1. The zero-order valence-electron chi connectivity index (χ0n) is 12.4. The summed E-state index contributed by atoms with van der Waals surface area (Å²) in [6.45, 7) is 3.71. The van der Waals surface area contributed by atoms with E-state index in [9.17, 15) is 14.9 Å². The maximum absolute atomic E-state index is 11.9. The van der Waals surface area contributed by atoms with Crippen molar-refractivity contribution in [3.63, 3.8) is 0 Å². The topological polar surface area (TPSA) is 98.0 Å². The number of rotatable bonds is 5. The second-order valence-corrected chi connectivity index (χ2v) is 6.04. The molecule has 9 heteroatoms. The van der Waals surface area contributed by atoms with E-state index in [1.807, 2.05) is 19.9 Å². The van der Waals surface area contributed by atoms with Crippen molar-refractivity contribution in [2.75, 3.05) is 11.1 Å². The SMILES string of the molecule is Cc1cc(C)nc(SCC(=O)Nc2ccc(Cl)c([N+](=O)[O-])c2)n1. The number of benzene rings is 1. The smallest absolute Gasteiger partial charge is 0.289 e. The predicted octanol–water partition coefficient (Wildman–Crippen LogP) is 3.39. The minimum atomic E-state index is -0.601. The van der Waals surface area contributed by atoms with E-state index in [2.05, 4.69) is 15.3 Å². The van der Waals surface area contributed by atoms with E-state index in [1.165, 1.54) is 30.0 Å². The first-order valence-corrected chi connectivity index (χ1v) is 7.90. The van der Waals surface area contributed by atoms with Crippen LogP contribution < -0.4 is 5.32 Å². The molecule has 0 aliphatic carbocycles. The number of aromatic nitrogens is 2. The lowest BCUT2D eigenvalue weighted by Crippen LogP contribution is -2.14. The van der Waals surface area contributed by atoms with Gasteiger partial charge in [0.1, 0.15) is 5.02 Å². The number of hydrogen-bond donors (Lipinski definition) is 1. The molecule has 23 heavy (non-hydrogen) atoms. The van der Waals surface area contributed by atoms with Crippen LogP contribution in [0.2, 0.25) is 5.02 Å². The van der Waals surface area contributed by atoms with E-state index < -0.39 is 4.92 Å². The number of nitrogens with zero attached hydrogens (tertiary/aromatic N) is 3. The van der Waals surface area contributed by atoms with Crippen molar-refractivity contribution in [1.29, 1.82) is 0 Å². The van der Waals surface area contributed by atoms with Crippen LogP contribution in [0.25, 0.3) is 0 Å². The Morgan fingerprint density at radius 2 is 1.96 bits per heavy atom. The van der Waals surface area contributed by atoms with Crippen molar-refractivity contribution in [2.24, 2.45) is 0 Å². The highest BCUT2D eigenvalue weighted by Gasteiger charge is 2.14. The number of carbonyl (C=O) groups excluding carboxylic acids is 1. The number of anilines is 1. The lowest BCUT2D eigenvalue weighted by Gasteiger charge is -2.06. The molecule has 0 spiro atoms. The van der Waals surface area contributed by atoms with Crippen molar-refractivity contribution in [3.05, 3.63) is 50.8 Å². The Morgan fingerprint density at radius 3 is 2.57 bits per heavy atom. The van der Waals surface area contributed by atoms with Gasteiger partial charge in [-0.1, -0.05) is 23.4 Å². The van der Waals surface area contributed by atoms with E-state index in [0.717, 1.165) is 11.4 Å². The van der Waals surface area contributed by atoms with Crippen LogP contribution in [-0.4, -0.2) is 26.6 Å². The third-order valence-corrected chi connectivity index (χ3v) is 3.89. The van der Waals surface area contributed by atoms with E-state index in [-0.39, 0.29) is 22.4 Å². The van der Waals surface area contributed by atoms with Crippen molar-refractivity contribution in [3.8, 4) is 0 Å². The van der Waals surface area contributed by atoms with Gasteiger partial charge in [-0.15, -0.1) is 0 Å². The van der Waals surface area contributed by atoms with Gasteiger partial charge >= 0.3 is 0 Å². The Balaban J connectivity index is 1.99. The minimum Gasteiger partial charge on any atom is -0.325 e. The van der Waals surface area contributed by atoms with Gasteiger partial charge in [-0.2, -0.15) is 0 Å². The van der Waals surface area contributed by atoms with Gasteiger partial charge in [0.05, 0.1) is 10.7 Å². The molecule has 0 aliphatic rings. The molecule has 0 fully saturated rings. The number of hydrogen-bond acceptors (Lipinski definition) is 6. The number of halogens is 1. The number of nitrogens with one attached hydrogen (secondary N) is 1. The molecular formula is C14H13ClN4O3S. The van der Waals surface area contributed by atoms with Crippen molar-refractivity contribution in [1.82, 2.24) is 9.97 Å². The highest BCUT2D eigenvalue weighted by Crippen LogP contribution is 2.27. The van der Waals surface area contributed by atoms with Gasteiger partial charge < -0.3 is 5.32 Å². The standard InChI is InChI=1S/C14H13ClN4O3S/c1-8-5-9(2)17-14(16-8)23-7-13(20)18-10-3-4-11(15)12(6-10)19(21)22/h3-6H,7H2,1-2H3,(H,18,20). The van der Waals surface area contributed by atoms with E-state index in [1.54, 1.807) is 0 Å². The van der Waals surface area contributed by atoms with Gasteiger partial charge in [0, 0.05) is 23.1 Å². The maximum atomic E-state index is 11.9. The Bertz CT molecular complexity index is 749. The molecule has 1 N–H and O–H groups in total. The fraction of sp³-hybridized carbons (Fsp3) is 0.214. The number of amides is 1. The summed E-state index contributed by atoms with van der Waals surface area (Å²) in [5.41, 5.74) is 1.71. The molecule has 7 nitrogen and oxygen atoms in total. The van der Waals surface area contributed by atoms with E-state index >= 15 is 0 Å². The summed E-state index contributed by atoms with van der Waals surface area (Å²) in [6.07, 6.45) is 0. The van der Waals surface area contributed by atoms with Crippen LogP contribution in [0.1, 0.15) is 11.4 Å². The molecule has 0 atom stereocenters.